The molecule has 16 heavy (non-hydrogen) atoms. The first kappa shape index (κ1) is 10.7. The molecule has 0 spiro atoms. The van der Waals surface area contributed by atoms with Crippen molar-refractivity contribution in [3.63, 3.8) is 0 Å². The van der Waals surface area contributed by atoms with E-state index in [1.807, 2.05) is 30.3 Å². The van der Waals surface area contributed by atoms with Crippen molar-refractivity contribution in [2.24, 2.45) is 5.73 Å². The molecule has 4 heteroatoms. The van der Waals surface area contributed by atoms with Crippen molar-refractivity contribution >= 4 is 0 Å². The third kappa shape index (κ3) is 2.23. The topological polar surface area (TPSA) is 53.1 Å². The summed E-state index contributed by atoms with van der Waals surface area (Å²) in [5.41, 5.74) is 7.35. The number of ether oxygens (including phenoxy) is 1. The van der Waals surface area contributed by atoms with Crippen LogP contribution >= 0.6 is 0 Å². The fraction of sp³-hybridized carbons (Fsp3) is 0.250. The maximum absolute atomic E-state index is 5.45. The zero-order valence-electron chi connectivity index (χ0n) is 9.18. The molecule has 0 bridgehead atoms. The van der Waals surface area contributed by atoms with Gasteiger partial charge in [0.15, 0.2) is 0 Å². The summed E-state index contributed by atoms with van der Waals surface area (Å²) in [6.45, 7) is 1.25. The highest BCUT2D eigenvalue weighted by molar-refractivity contribution is 5.60. The second kappa shape index (κ2) is 4.81. The van der Waals surface area contributed by atoms with E-state index in [1.54, 1.807) is 11.8 Å². The number of rotatable bonds is 4. The molecule has 0 saturated carbocycles. The fourth-order valence-corrected chi connectivity index (χ4v) is 1.48. The SMILES string of the molecule is COc1cccc(-c2c[c]n(CCN)n2)c1. The van der Waals surface area contributed by atoms with E-state index < -0.39 is 0 Å². The van der Waals surface area contributed by atoms with E-state index in [-0.39, 0.29) is 0 Å². The lowest BCUT2D eigenvalue weighted by molar-refractivity contribution is 0.415. The van der Waals surface area contributed by atoms with Crippen LogP contribution in [0.1, 0.15) is 0 Å². The molecule has 2 rings (SSSR count). The molecule has 1 aromatic heterocycles. The van der Waals surface area contributed by atoms with Gasteiger partial charge in [0.1, 0.15) is 5.75 Å². The Bertz CT molecular complexity index is 465. The summed E-state index contributed by atoms with van der Waals surface area (Å²) in [5, 5.41) is 4.37. The molecular formula is C12H14N3O. The van der Waals surface area contributed by atoms with E-state index in [2.05, 4.69) is 11.3 Å². The Kier molecular flexibility index (Phi) is 3.22. The van der Waals surface area contributed by atoms with Crippen LogP contribution in [0.15, 0.2) is 30.3 Å². The number of hydrogen-bond acceptors (Lipinski definition) is 3. The first-order chi connectivity index (χ1) is 7.83. The first-order valence-electron chi connectivity index (χ1n) is 5.13. The lowest BCUT2D eigenvalue weighted by atomic mass is 10.1. The Morgan fingerprint density at radius 2 is 2.38 bits per heavy atom. The molecule has 0 aliphatic heterocycles. The van der Waals surface area contributed by atoms with Crippen molar-refractivity contribution in [3.8, 4) is 17.0 Å². The molecule has 4 nitrogen and oxygen atoms in total. The highest BCUT2D eigenvalue weighted by Crippen LogP contribution is 2.21. The Morgan fingerprint density at radius 1 is 1.50 bits per heavy atom. The summed E-state index contributed by atoms with van der Waals surface area (Å²) in [6, 6.07) is 9.64. The number of nitrogens with two attached hydrogens (primary N) is 1. The summed E-state index contributed by atoms with van der Waals surface area (Å²) < 4.78 is 6.88. The number of aromatic nitrogens is 2. The van der Waals surface area contributed by atoms with Gasteiger partial charge in [0.05, 0.1) is 25.5 Å². The highest BCUT2D eigenvalue weighted by Gasteiger charge is 2.03. The van der Waals surface area contributed by atoms with Gasteiger partial charge in [-0.2, -0.15) is 5.10 Å². The lowest BCUT2D eigenvalue weighted by Crippen LogP contribution is -2.10. The van der Waals surface area contributed by atoms with Crippen molar-refractivity contribution < 1.29 is 4.74 Å². The van der Waals surface area contributed by atoms with Crippen molar-refractivity contribution in [2.45, 2.75) is 6.54 Å². The van der Waals surface area contributed by atoms with Crippen LogP contribution in [0, 0.1) is 6.20 Å². The van der Waals surface area contributed by atoms with E-state index in [4.69, 9.17) is 10.5 Å². The van der Waals surface area contributed by atoms with Crippen LogP contribution in [0.25, 0.3) is 11.3 Å². The minimum Gasteiger partial charge on any atom is -0.497 e. The molecule has 2 aromatic rings. The molecule has 1 aromatic carbocycles. The van der Waals surface area contributed by atoms with Gasteiger partial charge in [-0.15, -0.1) is 0 Å². The maximum atomic E-state index is 5.45. The van der Waals surface area contributed by atoms with Crippen LogP contribution in [0.3, 0.4) is 0 Å². The fourth-order valence-electron chi connectivity index (χ4n) is 1.48. The van der Waals surface area contributed by atoms with E-state index in [0.717, 1.165) is 17.0 Å². The second-order valence-electron chi connectivity index (χ2n) is 3.40. The summed E-state index contributed by atoms with van der Waals surface area (Å²) in [7, 11) is 1.65. The van der Waals surface area contributed by atoms with Crippen LogP contribution < -0.4 is 10.5 Å². The average molecular weight is 216 g/mol. The summed E-state index contributed by atoms with van der Waals surface area (Å²) in [4.78, 5) is 0. The summed E-state index contributed by atoms with van der Waals surface area (Å²) in [5.74, 6) is 0.825. The molecule has 0 aliphatic rings. The molecule has 0 atom stereocenters. The predicted molar refractivity (Wildman–Crippen MR) is 62.1 cm³/mol. The standard InChI is InChI=1S/C12H14N3O/c1-16-11-4-2-3-10(9-11)12-5-7-15(14-12)8-6-13/h2-5,9H,6,8,13H2,1H3. The van der Waals surface area contributed by atoms with E-state index in [0.29, 0.717) is 13.1 Å². The third-order valence-electron chi connectivity index (χ3n) is 2.29. The minimum atomic E-state index is 0.565. The highest BCUT2D eigenvalue weighted by atomic mass is 16.5. The van der Waals surface area contributed by atoms with Crippen LogP contribution in [-0.2, 0) is 6.54 Å². The van der Waals surface area contributed by atoms with Crippen LogP contribution in [-0.4, -0.2) is 23.4 Å². The summed E-state index contributed by atoms with van der Waals surface area (Å²) >= 11 is 0. The van der Waals surface area contributed by atoms with Crippen molar-refractivity contribution in [1.82, 2.24) is 9.78 Å². The monoisotopic (exact) mass is 216 g/mol. The van der Waals surface area contributed by atoms with Gasteiger partial charge < -0.3 is 10.5 Å². The molecule has 0 saturated heterocycles. The number of benzene rings is 1. The predicted octanol–water partition coefficient (Wildman–Crippen LogP) is 1.32. The van der Waals surface area contributed by atoms with Gasteiger partial charge in [-0.1, -0.05) is 12.1 Å². The second-order valence-corrected chi connectivity index (χ2v) is 3.40. The molecule has 1 radical (unpaired) electrons. The molecule has 0 aliphatic carbocycles. The van der Waals surface area contributed by atoms with Gasteiger partial charge >= 0.3 is 0 Å². The summed E-state index contributed by atoms with van der Waals surface area (Å²) in [6.07, 6.45) is 3.03. The van der Waals surface area contributed by atoms with Gasteiger partial charge in [0.25, 0.3) is 0 Å². The number of nitrogens with zero attached hydrogens (tertiary/aromatic N) is 2. The molecule has 83 valence electrons. The number of hydrogen-bond donors (Lipinski definition) is 1. The van der Waals surface area contributed by atoms with E-state index in [9.17, 15) is 0 Å². The zero-order chi connectivity index (χ0) is 11.4. The van der Waals surface area contributed by atoms with Crippen LogP contribution in [0.4, 0.5) is 0 Å². The van der Waals surface area contributed by atoms with Gasteiger partial charge in [-0.25, -0.2) is 0 Å². The molecule has 2 N–H and O–H groups in total. The Hall–Kier alpha value is -1.81. The molecule has 0 amide bonds. The Labute approximate surface area is 94.6 Å². The largest absolute Gasteiger partial charge is 0.497 e. The third-order valence-corrected chi connectivity index (χ3v) is 2.29. The Morgan fingerprint density at radius 3 is 3.12 bits per heavy atom. The van der Waals surface area contributed by atoms with Gasteiger partial charge in [-0.05, 0) is 18.2 Å². The normalized spacial score (nSPS) is 10.4. The zero-order valence-corrected chi connectivity index (χ0v) is 9.18. The maximum Gasteiger partial charge on any atom is 0.119 e. The average Bonchev–Trinajstić information content (AvgIpc) is 2.78. The van der Waals surface area contributed by atoms with Crippen molar-refractivity contribution in [3.05, 3.63) is 36.5 Å². The minimum absolute atomic E-state index is 0.565. The number of methoxy groups -OCH3 is 1. The molecular weight excluding hydrogens is 202 g/mol. The van der Waals surface area contributed by atoms with Crippen molar-refractivity contribution in [2.75, 3.05) is 13.7 Å². The smallest absolute Gasteiger partial charge is 0.119 e. The molecule has 0 fully saturated rings. The Balaban J connectivity index is 2.27. The first-order valence-corrected chi connectivity index (χ1v) is 5.13. The van der Waals surface area contributed by atoms with Gasteiger partial charge in [0.2, 0.25) is 0 Å². The van der Waals surface area contributed by atoms with E-state index >= 15 is 0 Å². The van der Waals surface area contributed by atoms with Crippen LogP contribution in [0.2, 0.25) is 0 Å². The van der Waals surface area contributed by atoms with Crippen molar-refractivity contribution in [1.29, 1.82) is 0 Å². The quantitative estimate of drug-likeness (QED) is 0.838. The van der Waals surface area contributed by atoms with Crippen LogP contribution in [0.5, 0.6) is 5.75 Å². The van der Waals surface area contributed by atoms with Gasteiger partial charge in [0, 0.05) is 12.1 Å². The molecule has 0 unspecified atom stereocenters. The van der Waals surface area contributed by atoms with E-state index in [1.165, 1.54) is 0 Å². The lowest BCUT2D eigenvalue weighted by Gasteiger charge is -2.01. The molecule has 1 heterocycles. The van der Waals surface area contributed by atoms with Gasteiger partial charge in [-0.3, -0.25) is 4.68 Å².